The standard InChI is InChI=1S/C69H134O17P2/c1-9-61(7)47-39-31-23-16-12-14-18-26-36-44-52-69(74)85-64(55-79-66(71)49-41-33-24-20-19-22-30-38-46-60(5)6)57-83-87(75,76)81-53-63(70)54-82-88(77,78)84-58-65(56-80-67(72)50-42-34-28-27-32-40-48-62(8)10-2)86-68(73)51-43-35-25-17-13-11-15-21-29-37-45-59(3)4/h59-65,70H,9-58H2,1-8H3,(H,75,76)(H,77,78)/t61?,62?,63-,64-,65-/m1/s1. The highest BCUT2D eigenvalue weighted by Gasteiger charge is 2.30. The summed E-state index contributed by atoms with van der Waals surface area (Å²) < 4.78 is 68.2. The number of hydrogen-bond donors (Lipinski definition) is 3. The zero-order valence-corrected chi connectivity index (χ0v) is 59.1. The second-order valence-electron chi connectivity index (χ2n) is 26.4. The predicted molar refractivity (Wildman–Crippen MR) is 354 cm³/mol. The van der Waals surface area contributed by atoms with E-state index < -0.39 is 97.5 Å². The van der Waals surface area contributed by atoms with Crippen LogP contribution in [-0.4, -0.2) is 96.7 Å². The molecule has 0 aromatic rings. The molecule has 88 heavy (non-hydrogen) atoms. The molecule has 522 valence electrons. The maximum absolute atomic E-state index is 13.0. The number of ether oxygens (including phenoxy) is 4. The number of aliphatic hydroxyl groups is 1. The number of aliphatic hydroxyl groups excluding tert-OH is 1. The first-order valence-corrected chi connectivity index (χ1v) is 38.8. The maximum Gasteiger partial charge on any atom is 0.472 e. The monoisotopic (exact) mass is 1300 g/mol. The molecule has 0 spiro atoms. The Balaban J connectivity index is 5.27. The summed E-state index contributed by atoms with van der Waals surface area (Å²) in [6.45, 7) is 14.1. The van der Waals surface area contributed by atoms with Crippen LogP contribution in [0.4, 0.5) is 0 Å². The van der Waals surface area contributed by atoms with E-state index in [1.807, 2.05) is 0 Å². The molecule has 17 nitrogen and oxygen atoms in total. The average Bonchev–Trinajstić information content (AvgIpc) is 3.44. The van der Waals surface area contributed by atoms with Crippen molar-refractivity contribution in [1.29, 1.82) is 0 Å². The molecule has 3 N–H and O–H groups in total. The van der Waals surface area contributed by atoms with Crippen molar-refractivity contribution in [3.05, 3.63) is 0 Å². The van der Waals surface area contributed by atoms with Gasteiger partial charge in [-0.05, 0) is 49.4 Å². The van der Waals surface area contributed by atoms with Crippen molar-refractivity contribution in [2.24, 2.45) is 23.7 Å². The first-order valence-electron chi connectivity index (χ1n) is 35.8. The van der Waals surface area contributed by atoms with Gasteiger partial charge in [-0.1, -0.05) is 287 Å². The summed E-state index contributed by atoms with van der Waals surface area (Å²) in [6, 6.07) is 0. The molecule has 0 saturated heterocycles. The van der Waals surface area contributed by atoms with Crippen LogP contribution in [0.15, 0.2) is 0 Å². The lowest BCUT2D eigenvalue weighted by molar-refractivity contribution is -0.161. The highest BCUT2D eigenvalue weighted by Crippen LogP contribution is 2.45. The van der Waals surface area contributed by atoms with Crippen molar-refractivity contribution >= 4 is 39.5 Å². The van der Waals surface area contributed by atoms with Gasteiger partial charge in [0, 0.05) is 25.7 Å². The molecule has 19 heteroatoms. The van der Waals surface area contributed by atoms with E-state index in [4.69, 9.17) is 37.0 Å². The Labute approximate surface area is 537 Å². The molecular formula is C69H134O17P2. The first kappa shape index (κ1) is 86.1. The van der Waals surface area contributed by atoms with Gasteiger partial charge in [0.05, 0.1) is 26.4 Å². The van der Waals surface area contributed by atoms with Gasteiger partial charge in [-0.3, -0.25) is 37.3 Å². The van der Waals surface area contributed by atoms with Gasteiger partial charge in [0.2, 0.25) is 0 Å². The second-order valence-corrected chi connectivity index (χ2v) is 29.3. The minimum atomic E-state index is -4.95. The van der Waals surface area contributed by atoms with Gasteiger partial charge in [-0.2, -0.15) is 0 Å². The molecule has 0 aromatic heterocycles. The van der Waals surface area contributed by atoms with E-state index in [1.165, 1.54) is 135 Å². The summed E-state index contributed by atoms with van der Waals surface area (Å²) in [4.78, 5) is 72.5. The fourth-order valence-corrected chi connectivity index (χ4v) is 11.8. The molecule has 0 aliphatic rings. The second kappa shape index (κ2) is 58.8. The Kier molecular flexibility index (Phi) is 57.6. The Morgan fingerprint density at radius 3 is 0.807 bits per heavy atom. The van der Waals surface area contributed by atoms with Crippen LogP contribution in [-0.2, 0) is 65.4 Å². The molecule has 0 radical (unpaired) electrons. The molecule has 0 aromatic carbocycles. The number of carbonyl (C=O) groups is 4. The normalized spacial score (nSPS) is 14.9. The van der Waals surface area contributed by atoms with Crippen molar-refractivity contribution in [2.45, 2.75) is 356 Å². The van der Waals surface area contributed by atoms with Crippen LogP contribution in [0.25, 0.3) is 0 Å². The quantitative estimate of drug-likeness (QED) is 0.0222. The van der Waals surface area contributed by atoms with E-state index in [-0.39, 0.29) is 25.7 Å². The number of esters is 4. The molecule has 7 atom stereocenters. The largest absolute Gasteiger partial charge is 0.472 e. The van der Waals surface area contributed by atoms with Crippen molar-refractivity contribution in [2.75, 3.05) is 39.6 Å². The van der Waals surface area contributed by atoms with Crippen LogP contribution in [0.1, 0.15) is 338 Å². The Morgan fingerprint density at radius 2 is 0.545 bits per heavy atom. The fourth-order valence-electron chi connectivity index (χ4n) is 10.2. The Bertz CT molecular complexity index is 1750. The molecule has 0 bridgehead atoms. The lowest BCUT2D eigenvalue weighted by atomic mass is 9.99. The summed E-state index contributed by atoms with van der Waals surface area (Å²) >= 11 is 0. The van der Waals surface area contributed by atoms with E-state index in [2.05, 4.69) is 55.4 Å². The van der Waals surface area contributed by atoms with Gasteiger partial charge in [-0.25, -0.2) is 9.13 Å². The number of unbranched alkanes of at least 4 members (excludes halogenated alkanes) is 30. The van der Waals surface area contributed by atoms with E-state index >= 15 is 0 Å². The van der Waals surface area contributed by atoms with E-state index in [1.54, 1.807) is 0 Å². The molecule has 0 saturated carbocycles. The molecule has 0 rings (SSSR count). The average molecular weight is 1300 g/mol. The smallest absolute Gasteiger partial charge is 0.462 e. The Hall–Kier alpha value is -1.94. The first-order chi connectivity index (χ1) is 42.2. The number of hydrogen-bond acceptors (Lipinski definition) is 15. The summed E-state index contributed by atoms with van der Waals surface area (Å²) in [5, 5.41) is 10.6. The van der Waals surface area contributed by atoms with Crippen molar-refractivity contribution < 1.29 is 80.2 Å². The third-order valence-corrected chi connectivity index (χ3v) is 18.4. The summed E-state index contributed by atoms with van der Waals surface area (Å²) in [6.07, 6.45) is 40.2. The highest BCUT2D eigenvalue weighted by atomic mass is 31.2. The van der Waals surface area contributed by atoms with Crippen LogP contribution in [0.2, 0.25) is 0 Å². The van der Waals surface area contributed by atoms with Crippen molar-refractivity contribution in [1.82, 2.24) is 0 Å². The summed E-state index contributed by atoms with van der Waals surface area (Å²) in [7, 11) is -9.90. The number of rotatable bonds is 66. The zero-order chi connectivity index (χ0) is 65.4. The molecule has 0 aliphatic heterocycles. The molecule has 0 fully saturated rings. The van der Waals surface area contributed by atoms with E-state index in [9.17, 15) is 43.2 Å². The third kappa shape index (κ3) is 60.3. The minimum Gasteiger partial charge on any atom is -0.462 e. The molecular weight excluding hydrogens is 1160 g/mol. The van der Waals surface area contributed by atoms with Crippen LogP contribution in [0.3, 0.4) is 0 Å². The molecule has 4 unspecified atom stereocenters. The van der Waals surface area contributed by atoms with Crippen LogP contribution >= 0.6 is 15.6 Å². The Morgan fingerprint density at radius 1 is 0.318 bits per heavy atom. The predicted octanol–water partition coefficient (Wildman–Crippen LogP) is 19.3. The molecule has 0 heterocycles. The van der Waals surface area contributed by atoms with Gasteiger partial charge in [0.25, 0.3) is 0 Å². The molecule has 0 amide bonds. The number of carbonyl (C=O) groups excluding carboxylic acids is 4. The highest BCUT2D eigenvalue weighted by molar-refractivity contribution is 7.47. The van der Waals surface area contributed by atoms with E-state index in [0.29, 0.717) is 25.7 Å². The van der Waals surface area contributed by atoms with Gasteiger partial charge in [0.1, 0.15) is 19.3 Å². The van der Waals surface area contributed by atoms with Crippen LogP contribution in [0, 0.1) is 23.7 Å². The summed E-state index contributed by atoms with van der Waals surface area (Å²) in [5.74, 6) is 0.880. The lowest BCUT2D eigenvalue weighted by Gasteiger charge is -2.21. The molecule has 0 aliphatic carbocycles. The van der Waals surface area contributed by atoms with Gasteiger partial charge in [0.15, 0.2) is 12.2 Å². The van der Waals surface area contributed by atoms with Crippen molar-refractivity contribution in [3.8, 4) is 0 Å². The van der Waals surface area contributed by atoms with Gasteiger partial charge < -0.3 is 33.8 Å². The topological polar surface area (TPSA) is 237 Å². The van der Waals surface area contributed by atoms with Crippen LogP contribution in [0.5, 0.6) is 0 Å². The minimum absolute atomic E-state index is 0.104. The summed E-state index contributed by atoms with van der Waals surface area (Å²) in [5.41, 5.74) is 0. The fraction of sp³-hybridized carbons (Fsp3) is 0.942. The van der Waals surface area contributed by atoms with E-state index in [0.717, 1.165) is 120 Å². The SMILES string of the molecule is CCC(C)CCCCCCCCCCCCC(=O)O[C@H](COC(=O)CCCCCCCCCCC(C)C)COP(=O)(O)OC[C@@H](O)COP(=O)(O)OC[C@@H](COC(=O)CCCCCCCCC(C)CC)OC(=O)CCCCCCCCCCCCC(C)C. The lowest BCUT2D eigenvalue weighted by Crippen LogP contribution is -2.30. The van der Waals surface area contributed by atoms with Gasteiger partial charge in [-0.15, -0.1) is 0 Å². The van der Waals surface area contributed by atoms with Gasteiger partial charge >= 0.3 is 39.5 Å². The van der Waals surface area contributed by atoms with Crippen LogP contribution < -0.4 is 0 Å². The zero-order valence-electron chi connectivity index (χ0n) is 57.3. The maximum atomic E-state index is 13.0. The number of phosphoric acid groups is 2. The third-order valence-electron chi connectivity index (χ3n) is 16.5. The van der Waals surface area contributed by atoms with Crippen molar-refractivity contribution in [3.63, 3.8) is 0 Å². The number of phosphoric ester groups is 2.